The molecule has 0 aromatic carbocycles. The lowest BCUT2D eigenvalue weighted by Crippen LogP contribution is -2.50. The summed E-state index contributed by atoms with van der Waals surface area (Å²) in [4.78, 5) is 34.0. The lowest BCUT2D eigenvalue weighted by molar-refractivity contribution is -0.162. The van der Waals surface area contributed by atoms with Gasteiger partial charge in [0, 0.05) is 18.6 Å². The van der Waals surface area contributed by atoms with Crippen LogP contribution in [0.5, 0.6) is 0 Å². The minimum atomic E-state index is -2.32. The minimum absolute atomic E-state index is 0.442. The number of rotatable bonds is 4. The largest absolute Gasteiger partial charge is 0.481 e. The highest BCUT2D eigenvalue weighted by molar-refractivity contribution is 6.13. The topological polar surface area (TPSA) is 74.7 Å². The fourth-order valence-corrected chi connectivity index (χ4v) is 1.82. The average Bonchev–Trinajstić information content (AvgIpc) is 2.44. The van der Waals surface area contributed by atoms with Crippen LogP contribution in [0.1, 0.15) is 27.2 Å². The summed E-state index contributed by atoms with van der Waals surface area (Å²) in [6, 6.07) is 0. The number of carboxylic acids is 1. The summed E-state index contributed by atoms with van der Waals surface area (Å²) in [6.45, 7) is 3.71. The summed E-state index contributed by atoms with van der Waals surface area (Å²) in [5.74, 6) is -5.03. The predicted octanol–water partition coefficient (Wildman–Crippen LogP) is 1.10. The summed E-state index contributed by atoms with van der Waals surface area (Å²) in [5, 5.41) is 8.91. The van der Waals surface area contributed by atoms with Crippen LogP contribution >= 0.6 is 0 Å². The summed E-state index contributed by atoms with van der Waals surface area (Å²) in [6.07, 6.45) is 1.47. The molecule has 0 saturated heterocycles. The van der Waals surface area contributed by atoms with Gasteiger partial charge in [0.05, 0.1) is 5.41 Å². The Morgan fingerprint density at radius 1 is 1.29 bits per heavy atom. The zero-order valence-electron chi connectivity index (χ0n) is 9.86. The fourth-order valence-electron chi connectivity index (χ4n) is 1.82. The number of halogens is 1. The molecule has 1 aliphatic heterocycles. The third kappa shape index (κ3) is 2.51. The van der Waals surface area contributed by atoms with Crippen molar-refractivity contribution in [3.63, 3.8) is 0 Å². The summed E-state index contributed by atoms with van der Waals surface area (Å²) in [7, 11) is 0. The van der Waals surface area contributed by atoms with Gasteiger partial charge in [-0.2, -0.15) is 0 Å². The van der Waals surface area contributed by atoms with Gasteiger partial charge in [-0.05, 0) is 20.8 Å². The van der Waals surface area contributed by atoms with Gasteiger partial charge in [-0.15, -0.1) is 0 Å². The van der Waals surface area contributed by atoms with Gasteiger partial charge in [0.25, 0.3) is 11.8 Å². The first-order valence-corrected chi connectivity index (χ1v) is 5.06. The van der Waals surface area contributed by atoms with Crippen LogP contribution in [0.2, 0.25) is 0 Å². The van der Waals surface area contributed by atoms with E-state index >= 15 is 0 Å². The van der Waals surface area contributed by atoms with E-state index in [-0.39, 0.29) is 0 Å². The van der Waals surface area contributed by atoms with E-state index in [4.69, 9.17) is 5.11 Å². The molecule has 0 aromatic heterocycles. The van der Waals surface area contributed by atoms with E-state index in [1.165, 1.54) is 13.8 Å². The van der Waals surface area contributed by atoms with Gasteiger partial charge in [-0.25, -0.2) is 9.29 Å². The summed E-state index contributed by atoms with van der Waals surface area (Å²) >= 11 is 0. The number of carboxylic acid groups (broad SMARTS) is 1. The van der Waals surface area contributed by atoms with Gasteiger partial charge < -0.3 is 5.11 Å². The Morgan fingerprint density at radius 3 is 2.06 bits per heavy atom. The van der Waals surface area contributed by atoms with Crippen LogP contribution in [0, 0.1) is 5.41 Å². The number of hydrogen-bond donors (Lipinski definition) is 1. The van der Waals surface area contributed by atoms with Crippen molar-refractivity contribution in [3.8, 4) is 0 Å². The molecule has 0 fully saturated rings. The molecule has 17 heavy (non-hydrogen) atoms. The second-order valence-electron chi connectivity index (χ2n) is 4.85. The van der Waals surface area contributed by atoms with Crippen molar-refractivity contribution in [2.24, 2.45) is 5.41 Å². The SMILES string of the molecule is CC(C)(CC(C)(F)N1C(=O)C=CC1=O)C(=O)O. The van der Waals surface area contributed by atoms with Crippen LogP contribution in [-0.4, -0.2) is 33.6 Å². The molecule has 1 unspecified atom stereocenters. The van der Waals surface area contributed by atoms with E-state index in [0.717, 1.165) is 19.1 Å². The van der Waals surface area contributed by atoms with Crippen LogP contribution in [0.25, 0.3) is 0 Å². The zero-order chi connectivity index (χ0) is 13.4. The Hall–Kier alpha value is -1.72. The third-order valence-electron chi connectivity index (χ3n) is 2.62. The Morgan fingerprint density at radius 2 is 1.71 bits per heavy atom. The van der Waals surface area contributed by atoms with E-state index in [0.29, 0.717) is 4.90 Å². The van der Waals surface area contributed by atoms with Gasteiger partial charge in [-0.3, -0.25) is 14.4 Å². The normalized spacial score (nSPS) is 19.6. The van der Waals surface area contributed by atoms with Crippen molar-refractivity contribution < 1.29 is 23.9 Å². The second-order valence-corrected chi connectivity index (χ2v) is 4.85. The van der Waals surface area contributed by atoms with E-state index < -0.39 is 35.4 Å². The second kappa shape index (κ2) is 3.94. The van der Waals surface area contributed by atoms with E-state index in [9.17, 15) is 18.8 Å². The molecule has 0 aromatic rings. The molecule has 1 rings (SSSR count). The maximum Gasteiger partial charge on any atom is 0.309 e. The van der Waals surface area contributed by atoms with E-state index in [1.54, 1.807) is 0 Å². The highest BCUT2D eigenvalue weighted by Crippen LogP contribution is 2.34. The predicted molar refractivity (Wildman–Crippen MR) is 56.5 cm³/mol. The van der Waals surface area contributed by atoms with E-state index in [1.807, 2.05) is 0 Å². The zero-order valence-corrected chi connectivity index (χ0v) is 9.86. The molecular weight excluding hydrogens is 229 g/mol. The number of hydrogen-bond acceptors (Lipinski definition) is 3. The first kappa shape index (κ1) is 13.3. The molecule has 6 heteroatoms. The fraction of sp³-hybridized carbons (Fsp3) is 0.545. The lowest BCUT2D eigenvalue weighted by Gasteiger charge is -2.34. The van der Waals surface area contributed by atoms with Gasteiger partial charge >= 0.3 is 5.97 Å². The first-order chi connectivity index (χ1) is 7.58. The van der Waals surface area contributed by atoms with Crippen molar-refractivity contribution >= 4 is 17.8 Å². The van der Waals surface area contributed by atoms with Crippen LogP contribution in [0.15, 0.2) is 12.2 Å². The maximum atomic E-state index is 14.3. The van der Waals surface area contributed by atoms with Crippen molar-refractivity contribution in [1.82, 2.24) is 4.90 Å². The van der Waals surface area contributed by atoms with Crippen LogP contribution in [0.4, 0.5) is 4.39 Å². The molecule has 0 aliphatic carbocycles. The minimum Gasteiger partial charge on any atom is -0.481 e. The summed E-state index contributed by atoms with van der Waals surface area (Å²) in [5.41, 5.74) is -1.37. The molecule has 0 bridgehead atoms. The molecular formula is C11H14FNO4. The number of carbonyl (C=O) groups is 3. The van der Waals surface area contributed by atoms with Crippen molar-refractivity contribution in [2.45, 2.75) is 33.0 Å². The molecule has 1 aliphatic rings. The van der Waals surface area contributed by atoms with Crippen LogP contribution in [-0.2, 0) is 14.4 Å². The number of nitrogens with zero attached hydrogens (tertiary/aromatic N) is 1. The molecule has 1 heterocycles. The molecule has 1 atom stereocenters. The molecule has 2 amide bonds. The van der Waals surface area contributed by atoms with Gasteiger partial charge in [0.1, 0.15) is 0 Å². The smallest absolute Gasteiger partial charge is 0.309 e. The van der Waals surface area contributed by atoms with Gasteiger partial charge in [0.15, 0.2) is 5.79 Å². The van der Waals surface area contributed by atoms with Crippen molar-refractivity contribution in [3.05, 3.63) is 12.2 Å². The molecule has 1 N–H and O–H groups in total. The molecule has 0 radical (unpaired) electrons. The molecule has 0 spiro atoms. The standard InChI is InChI=1S/C11H14FNO4/c1-10(2,9(16)17)6-11(3,12)13-7(14)4-5-8(13)15/h4-5H,6H2,1-3H3,(H,16,17). The Balaban J connectivity index is 2.93. The quantitative estimate of drug-likeness (QED) is 0.592. The number of amides is 2. The Labute approximate surface area is 97.9 Å². The number of imide groups is 1. The van der Waals surface area contributed by atoms with Crippen molar-refractivity contribution in [2.75, 3.05) is 0 Å². The van der Waals surface area contributed by atoms with Crippen LogP contribution < -0.4 is 0 Å². The lowest BCUT2D eigenvalue weighted by atomic mass is 9.84. The Bertz CT molecular complexity index is 394. The number of carbonyl (C=O) groups excluding carboxylic acids is 2. The molecule has 5 nitrogen and oxygen atoms in total. The first-order valence-electron chi connectivity index (χ1n) is 5.06. The van der Waals surface area contributed by atoms with Crippen molar-refractivity contribution in [1.29, 1.82) is 0 Å². The van der Waals surface area contributed by atoms with E-state index in [2.05, 4.69) is 0 Å². The highest BCUT2D eigenvalue weighted by Gasteiger charge is 2.46. The molecule has 0 saturated carbocycles. The Kier molecular flexibility index (Phi) is 3.09. The van der Waals surface area contributed by atoms with Gasteiger partial charge in [-0.1, -0.05) is 0 Å². The highest BCUT2D eigenvalue weighted by atomic mass is 19.1. The average molecular weight is 243 g/mol. The summed E-state index contributed by atoms with van der Waals surface area (Å²) < 4.78 is 14.3. The number of aliphatic carboxylic acids is 1. The molecule has 94 valence electrons. The van der Waals surface area contributed by atoms with Gasteiger partial charge in [0.2, 0.25) is 0 Å². The van der Waals surface area contributed by atoms with Crippen LogP contribution in [0.3, 0.4) is 0 Å². The maximum absolute atomic E-state index is 14.3. The third-order valence-corrected chi connectivity index (χ3v) is 2.62. The monoisotopic (exact) mass is 243 g/mol. The number of alkyl halides is 1.